The van der Waals surface area contributed by atoms with Gasteiger partial charge in [0.1, 0.15) is 0 Å². The van der Waals surface area contributed by atoms with Gasteiger partial charge in [-0.3, -0.25) is 4.79 Å². The third-order valence-electron chi connectivity index (χ3n) is 3.30. The summed E-state index contributed by atoms with van der Waals surface area (Å²) in [6, 6.07) is 2.64. The lowest BCUT2D eigenvalue weighted by Crippen LogP contribution is -2.09. The van der Waals surface area contributed by atoms with Crippen LogP contribution in [-0.2, 0) is 4.79 Å². The first-order chi connectivity index (χ1) is 8.54. The Labute approximate surface area is 104 Å². The number of phenols is 1. The Hall–Kier alpha value is -1.78. The van der Waals surface area contributed by atoms with E-state index in [-0.39, 0.29) is 29.8 Å². The topological polar surface area (TPSA) is 66.8 Å². The third kappa shape index (κ3) is 2.39. The molecule has 0 aliphatic heterocycles. The average Bonchev–Trinajstić information content (AvgIpc) is 3.11. The Morgan fingerprint density at radius 2 is 2.22 bits per heavy atom. The van der Waals surface area contributed by atoms with E-state index in [1.165, 1.54) is 19.2 Å². The van der Waals surface area contributed by atoms with E-state index in [4.69, 9.17) is 9.84 Å². The predicted octanol–water partition coefficient (Wildman–Crippen LogP) is 2.51. The van der Waals surface area contributed by atoms with Gasteiger partial charge in [-0.05, 0) is 24.8 Å². The molecule has 0 radical (unpaired) electrons. The molecule has 1 saturated carbocycles. The van der Waals surface area contributed by atoms with Gasteiger partial charge in [-0.15, -0.1) is 0 Å². The Bertz CT molecular complexity index is 468. The monoisotopic (exact) mass is 254 g/mol. The molecule has 1 aliphatic rings. The fraction of sp³-hybridized carbons (Fsp3) is 0.462. The van der Waals surface area contributed by atoms with Gasteiger partial charge in [0.2, 0.25) is 0 Å². The molecule has 1 aromatic rings. The summed E-state index contributed by atoms with van der Waals surface area (Å²) in [6.07, 6.45) is 1.82. The van der Waals surface area contributed by atoms with E-state index in [9.17, 15) is 14.3 Å². The SMILES string of the molecule is COc1c(F)ccc(C(CC(=O)O)C2CC2)c1O. The zero-order valence-electron chi connectivity index (χ0n) is 10.0. The molecule has 98 valence electrons. The number of methoxy groups -OCH3 is 1. The quantitative estimate of drug-likeness (QED) is 0.847. The highest BCUT2D eigenvalue weighted by molar-refractivity contribution is 5.68. The molecule has 1 unspecified atom stereocenters. The molecule has 0 heterocycles. The van der Waals surface area contributed by atoms with E-state index in [1.807, 2.05) is 0 Å². The highest BCUT2D eigenvalue weighted by Gasteiger charge is 2.36. The smallest absolute Gasteiger partial charge is 0.303 e. The van der Waals surface area contributed by atoms with Crippen LogP contribution in [-0.4, -0.2) is 23.3 Å². The van der Waals surface area contributed by atoms with Gasteiger partial charge in [0.05, 0.1) is 13.5 Å². The number of carboxylic acid groups (broad SMARTS) is 1. The number of aromatic hydroxyl groups is 1. The van der Waals surface area contributed by atoms with Crippen molar-refractivity contribution in [2.45, 2.75) is 25.2 Å². The van der Waals surface area contributed by atoms with E-state index in [0.717, 1.165) is 12.8 Å². The van der Waals surface area contributed by atoms with Gasteiger partial charge in [-0.1, -0.05) is 6.07 Å². The standard InChI is InChI=1S/C13H15FO4/c1-18-13-10(14)5-4-8(12(13)17)9(6-11(15)16)7-2-3-7/h4-5,7,9,17H,2-3,6H2,1H3,(H,15,16). The maximum Gasteiger partial charge on any atom is 0.303 e. The van der Waals surface area contributed by atoms with Gasteiger partial charge in [-0.2, -0.15) is 0 Å². The van der Waals surface area contributed by atoms with Gasteiger partial charge in [0.25, 0.3) is 0 Å². The first kappa shape index (κ1) is 12.7. The fourth-order valence-corrected chi connectivity index (χ4v) is 2.27. The summed E-state index contributed by atoms with van der Waals surface area (Å²) >= 11 is 0. The number of rotatable bonds is 5. The molecule has 1 fully saturated rings. The molecule has 18 heavy (non-hydrogen) atoms. The van der Waals surface area contributed by atoms with Crippen LogP contribution in [0, 0.1) is 11.7 Å². The van der Waals surface area contributed by atoms with E-state index in [0.29, 0.717) is 5.56 Å². The van der Waals surface area contributed by atoms with E-state index in [1.54, 1.807) is 0 Å². The molecule has 1 aromatic carbocycles. The summed E-state index contributed by atoms with van der Waals surface area (Å²) in [5.74, 6) is -2.10. The van der Waals surface area contributed by atoms with Crippen molar-refractivity contribution in [3.05, 3.63) is 23.5 Å². The second kappa shape index (κ2) is 4.84. The predicted molar refractivity (Wildman–Crippen MR) is 62.3 cm³/mol. The van der Waals surface area contributed by atoms with Crippen LogP contribution in [0.3, 0.4) is 0 Å². The van der Waals surface area contributed by atoms with E-state index >= 15 is 0 Å². The molecule has 1 atom stereocenters. The number of halogens is 1. The lowest BCUT2D eigenvalue weighted by Gasteiger charge is -2.17. The van der Waals surface area contributed by atoms with Crippen LogP contribution < -0.4 is 4.74 Å². The summed E-state index contributed by atoms with van der Waals surface area (Å²) < 4.78 is 18.2. The van der Waals surface area contributed by atoms with Crippen LogP contribution in [0.15, 0.2) is 12.1 Å². The van der Waals surface area contributed by atoms with E-state index < -0.39 is 11.8 Å². The average molecular weight is 254 g/mol. The van der Waals surface area contributed by atoms with Crippen LogP contribution in [0.25, 0.3) is 0 Å². The minimum atomic E-state index is -0.922. The van der Waals surface area contributed by atoms with Crippen molar-refractivity contribution >= 4 is 5.97 Å². The molecule has 0 amide bonds. The molecule has 1 aliphatic carbocycles. The second-order valence-electron chi connectivity index (χ2n) is 4.56. The number of phenolic OH excluding ortho intramolecular Hbond substituents is 1. The van der Waals surface area contributed by atoms with Crippen molar-refractivity contribution < 1.29 is 24.1 Å². The van der Waals surface area contributed by atoms with Crippen molar-refractivity contribution in [2.75, 3.05) is 7.11 Å². The number of aliphatic carboxylic acids is 1. The molecule has 0 bridgehead atoms. The number of benzene rings is 1. The number of carbonyl (C=O) groups is 1. The van der Waals surface area contributed by atoms with Gasteiger partial charge in [-0.25, -0.2) is 4.39 Å². The lowest BCUT2D eigenvalue weighted by molar-refractivity contribution is -0.137. The molecule has 2 rings (SSSR count). The molecule has 0 saturated heterocycles. The Morgan fingerprint density at radius 1 is 1.56 bits per heavy atom. The summed E-state index contributed by atoms with van der Waals surface area (Å²) in [5.41, 5.74) is 0.457. The molecule has 0 spiro atoms. The number of ether oxygens (including phenoxy) is 1. The minimum absolute atomic E-state index is 0.0625. The Kier molecular flexibility index (Phi) is 3.41. The van der Waals surface area contributed by atoms with Crippen molar-refractivity contribution in [1.29, 1.82) is 0 Å². The number of carboxylic acids is 1. The van der Waals surface area contributed by atoms with Crippen LogP contribution >= 0.6 is 0 Å². The van der Waals surface area contributed by atoms with Crippen molar-refractivity contribution in [2.24, 2.45) is 5.92 Å². The van der Waals surface area contributed by atoms with Crippen molar-refractivity contribution in [3.63, 3.8) is 0 Å². The van der Waals surface area contributed by atoms with Gasteiger partial charge < -0.3 is 14.9 Å². The fourth-order valence-electron chi connectivity index (χ4n) is 2.27. The highest BCUT2D eigenvalue weighted by atomic mass is 19.1. The zero-order valence-corrected chi connectivity index (χ0v) is 10.0. The first-order valence-electron chi connectivity index (χ1n) is 5.81. The summed E-state index contributed by atoms with van der Waals surface area (Å²) in [4.78, 5) is 10.9. The van der Waals surface area contributed by atoms with Crippen LogP contribution in [0.1, 0.15) is 30.7 Å². The maximum absolute atomic E-state index is 13.4. The second-order valence-corrected chi connectivity index (χ2v) is 4.56. The normalized spacial score (nSPS) is 16.3. The van der Waals surface area contributed by atoms with Crippen LogP contribution in [0.4, 0.5) is 4.39 Å². The van der Waals surface area contributed by atoms with E-state index in [2.05, 4.69) is 0 Å². The largest absolute Gasteiger partial charge is 0.504 e. The van der Waals surface area contributed by atoms with Gasteiger partial charge >= 0.3 is 5.97 Å². The Balaban J connectivity index is 2.38. The summed E-state index contributed by atoms with van der Waals surface area (Å²) in [6.45, 7) is 0. The zero-order chi connectivity index (χ0) is 13.3. The van der Waals surface area contributed by atoms with Gasteiger partial charge in [0, 0.05) is 11.5 Å². The van der Waals surface area contributed by atoms with Crippen LogP contribution in [0.2, 0.25) is 0 Å². The molecule has 5 heteroatoms. The highest BCUT2D eigenvalue weighted by Crippen LogP contribution is 2.48. The molecule has 2 N–H and O–H groups in total. The lowest BCUT2D eigenvalue weighted by atomic mass is 9.90. The van der Waals surface area contributed by atoms with Crippen molar-refractivity contribution in [1.82, 2.24) is 0 Å². The molecular weight excluding hydrogens is 239 g/mol. The molecule has 0 aromatic heterocycles. The molecular formula is C13H15FO4. The van der Waals surface area contributed by atoms with Crippen LogP contribution in [0.5, 0.6) is 11.5 Å². The maximum atomic E-state index is 13.4. The first-order valence-corrected chi connectivity index (χ1v) is 5.81. The van der Waals surface area contributed by atoms with Gasteiger partial charge in [0.15, 0.2) is 17.3 Å². The number of hydrogen-bond donors (Lipinski definition) is 2. The summed E-state index contributed by atoms with van der Waals surface area (Å²) in [5, 5.41) is 18.9. The summed E-state index contributed by atoms with van der Waals surface area (Å²) in [7, 11) is 1.27. The van der Waals surface area contributed by atoms with Crippen molar-refractivity contribution in [3.8, 4) is 11.5 Å². The third-order valence-corrected chi connectivity index (χ3v) is 3.30. The Morgan fingerprint density at radius 3 is 2.72 bits per heavy atom. The molecule has 4 nitrogen and oxygen atoms in total. The number of hydrogen-bond acceptors (Lipinski definition) is 3. The minimum Gasteiger partial charge on any atom is -0.504 e.